The lowest BCUT2D eigenvalue weighted by Crippen LogP contribution is -2.48. The summed E-state index contributed by atoms with van der Waals surface area (Å²) in [6.45, 7) is 4.48. The number of hydrogen-bond donors (Lipinski definition) is 1. The maximum Gasteiger partial charge on any atom is 0.338 e. The number of allylic oxidation sites excluding steroid dienone is 1. The maximum absolute atomic E-state index is 13.0. The van der Waals surface area contributed by atoms with E-state index in [1.165, 1.54) is 0 Å². The minimum Gasteiger partial charge on any atom is -0.460 e. The molecule has 5 nitrogen and oxygen atoms in total. The van der Waals surface area contributed by atoms with E-state index in [2.05, 4.69) is 5.32 Å². The van der Waals surface area contributed by atoms with Gasteiger partial charge in [0.05, 0.1) is 18.2 Å². The molecule has 0 aromatic heterocycles. The molecule has 1 N–H and O–H groups in total. The van der Waals surface area contributed by atoms with Gasteiger partial charge in [0.15, 0.2) is 5.11 Å². The molecule has 0 fully saturated rings. The van der Waals surface area contributed by atoms with Gasteiger partial charge in [-0.2, -0.15) is 0 Å². The van der Waals surface area contributed by atoms with E-state index in [1.54, 1.807) is 7.11 Å². The molecule has 1 aliphatic heterocycles. The van der Waals surface area contributed by atoms with E-state index >= 15 is 0 Å². The molecule has 1 heterocycles. The first kappa shape index (κ1) is 20.0. The predicted octanol–water partition coefficient (Wildman–Crippen LogP) is 3.89. The third kappa shape index (κ3) is 4.24. The zero-order chi connectivity index (χ0) is 20.1. The molecule has 0 amide bonds. The number of rotatable bonds is 6. The second-order valence-corrected chi connectivity index (χ2v) is 6.98. The standard InChI is InChI=1S/C22H24N2O3S/c1-15-9-11-18(12-10-15)24-16(2)19(21(25)27-14-13-26-3)20(23-22(24)28)17-7-5-4-6-8-17/h4-12,20H,13-14H2,1-3H3,(H,23,28)/t20-/m1/s1. The molecular formula is C22H24N2O3S. The van der Waals surface area contributed by atoms with Crippen molar-refractivity contribution in [3.05, 3.63) is 77.0 Å². The number of aryl methyl sites for hydroxylation is 1. The van der Waals surface area contributed by atoms with Gasteiger partial charge in [-0.1, -0.05) is 48.0 Å². The van der Waals surface area contributed by atoms with Gasteiger partial charge in [-0.05, 0) is 43.8 Å². The highest BCUT2D eigenvalue weighted by molar-refractivity contribution is 7.80. The second kappa shape index (κ2) is 8.99. The summed E-state index contributed by atoms with van der Waals surface area (Å²) in [5.74, 6) is -0.379. The van der Waals surface area contributed by atoms with Gasteiger partial charge >= 0.3 is 5.97 Å². The number of thiocarbonyl (C=S) groups is 1. The number of nitrogens with zero attached hydrogens (tertiary/aromatic N) is 1. The van der Waals surface area contributed by atoms with Crippen LogP contribution in [-0.4, -0.2) is 31.4 Å². The highest BCUT2D eigenvalue weighted by atomic mass is 32.1. The summed E-state index contributed by atoms with van der Waals surface area (Å²) < 4.78 is 10.4. The van der Waals surface area contributed by atoms with E-state index in [0.717, 1.165) is 22.5 Å². The quantitative estimate of drug-likeness (QED) is 0.454. The van der Waals surface area contributed by atoms with Crippen molar-refractivity contribution >= 4 is 29.0 Å². The lowest BCUT2D eigenvalue weighted by atomic mass is 9.95. The molecule has 3 rings (SSSR count). The van der Waals surface area contributed by atoms with Crippen LogP contribution >= 0.6 is 12.2 Å². The molecule has 0 spiro atoms. The van der Waals surface area contributed by atoms with Crippen LogP contribution in [0.3, 0.4) is 0 Å². The normalized spacial score (nSPS) is 16.8. The van der Waals surface area contributed by atoms with E-state index in [0.29, 0.717) is 17.3 Å². The summed E-state index contributed by atoms with van der Waals surface area (Å²) in [7, 11) is 1.57. The van der Waals surface area contributed by atoms with Crippen molar-refractivity contribution in [1.29, 1.82) is 0 Å². The number of anilines is 1. The molecule has 0 saturated heterocycles. The molecule has 146 valence electrons. The van der Waals surface area contributed by atoms with Gasteiger partial charge in [-0.25, -0.2) is 4.79 Å². The van der Waals surface area contributed by atoms with E-state index in [9.17, 15) is 4.79 Å². The second-order valence-electron chi connectivity index (χ2n) is 6.59. The highest BCUT2D eigenvalue weighted by Gasteiger charge is 2.35. The molecule has 0 bridgehead atoms. The third-order valence-corrected chi connectivity index (χ3v) is 4.95. The van der Waals surface area contributed by atoms with Crippen LogP contribution in [0, 0.1) is 6.92 Å². The summed E-state index contributed by atoms with van der Waals surface area (Å²) in [4.78, 5) is 14.8. The summed E-state index contributed by atoms with van der Waals surface area (Å²) in [6.07, 6.45) is 0. The van der Waals surface area contributed by atoms with E-state index in [4.69, 9.17) is 21.7 Å². The van der Waals surface area contributed by atoms with Gasteiger partial charge in [-0.15, -0.1) is 0 Å². The SMILES string of the molecule is COCCOC(=O)C1=C(C)N(c2ccc(C)cc2)C(=S)N[C@@H]1c1ccccc1. The van der Waals surface area contributed by atoms with Crippen LogP contribution in [0.1, 0.15) is 24.1 Å². The smallest absolute Gasteiger partial charge is 0.338 e. The van der Waals surface area contributed by atoms with E-state index < -0.39 is 0 Å². The Balaban J connectivity index is 2.04. The zero-order valence-electron chi connectivity index (χ0n) is 16.3. The van der Waals surface area contributed by atoms with Crippen LogP contribution in [0.2, 0.25) is 0 Å². The van der Waals surface area contributed by atoms with Gasteiger partial charge < -0.3 is 14.8 Å². The largest absolute Gasteiger partial charge is 0.460 e. The van der Waals surface area contributed by atoms with Crippen LogP contribution < -0.4 is 10.2 Å². The lowest BCUT2D eigenvalue weighted by molar-refractivity contribution is -0.140. The van der Waals surface area contributed by atoms with Crippen molar-refractivity contribution in [2.45, 2.75) is 19.9 Å². The minimum atomic E-state index is -0.379. The number of carbonyl (C=O) groups is 1. The maximum atomic E-state index is 13.0. The van der Waals surface area contributed by atoms with Crippen molar-refractivity contribution in [2.24, 2.45) is 0 Å². The predicted molar refractivity (Wildman–Crippen MR) is 114 cm³/mol. The fraction of sp³-hybridized carbons (Fsp3) is 0.273. The molecule has 2 aromatic carbocycles. The van der Waals surface area contributed by atoms with Gasteiger partial charge in [-0.3, -0.25) is 4.90 Å². The summed E-state index contributed by atoms with van der Waals surface area (Å²) in [5.41, 5.74) is 4.30. The molecule has 1 atom stereocenters. The van der Waals surface area contributed by atoms with Crippen molar-refractivity contribution in [2.75, 3.05) is 25.2 Å². The topological polar surface area (TPSA) is 50.8 Å². The Morgan fingerprint density at radius 1 is 1.07 bits per heavy atom. The highest BCUT2D eigenvalue weighted by Crippen LogP contribution is 2.34. The van der Waals surface area contributed by atoms with Gasteiger partial charge in [0, 0.05) is 18.5 Å². The zero-order valence-corrected chi connectivity index (χ0v) is 17.1. The molecular weight excluding hydrogens is 372 g/mol. The fourth-order valence-corrected chi connectivity index (χ4v) is 3.56. The number of hydrogen-bond acceptors (Lipinski definition) is 4. The summed E-state index contributed by atoms with van der Waals surface area (Å²) in [5, 5.41) is 3.86. The molecule has 1 aliphatic rings. The van der Waals surface area contributed by atoms with Gasteiger partial charge in [0.2, 0.25) is 0 Å². The number of benzene rings is 2. The Labute approximate surface area is 170 Å². The van der Waals surface area contributed by atoms with Crippen molar-refractivity contribution < 1.29 is 14.3 Å². The van der Waals surface area contributed by atoms with Gasteiger partial charge in [0.1, 0.15) is 6.61 Å². The van der Waals surface area contributed by atoms with Crippen LogP contribution in [0.15, 0.2) is 65.9 Å². The first-order valence-corrected chi connectivity index (χ1v) is 9.53. The molecule has 0 radical (unpaired) electrons. The Morgan fingerprint density at radius 2 is 1.75 bits per heavy atom. The Bertz CT molecular complexity index is 878. The van der Waals surface area contributed by atoms with Crippen LogP contribution in [0.25, 0.3) is 0 Å². The molecule has 0 aliphatic carbocycles. The van der Waals surface area contributed by atoms with Crippen molar-refractivity contribution in [3.63, 3.8) is 0 Å². The molecule has 2 aromatic rings. The first-order chi connectivity index (χ1) is 13.5. The van der Waals surface area contributed by atoms with Crippen LogP contribution in [0.5, 0.6) is 0 Å². The number of ether oxygens (including phenoxy) is 2. The number of esters is 1. The van der Waals surface area contributed by atoms with Crippen LogP contribution in [0.4, 0.5) is 5.69 Å². The average Bonchev–Trinajstić information content (AvgIpc) is 2.69. The number of nitrogens with one attached hydrogen (secondary N) is 1. The first-order valence-electron chi connectivity index (χ1n) is 9.12. The Kier molecular flexibility index (Phi) is 6.44. The van der Waals surface area contributed by atoms with E-state index in [1.807, 2.05) is 73.3 Å². The summed E-state index contributed by atoms with van der Waals surface area (Å²) >= 11 is 5.65. The lowest BCUT2D eigenvalue weighted by Gasteiger charge is -2.37. The average molecular weight is 397 g/mol. The molecule has 28 heavy (non-hydrogen) atoms. The minimum absolute atomic E-state index is 0.197. The van der Waals surface area contributed by atoms with Crippen molar-refractivity contribution in [1.82, 2.24) is 5.32 Å². The number of carbonyl (C=O) groups excluding carboxylic acids is 1. The fourth-order valence-electron chi connectivity index (χ4n) is 3.20. The monoisotopic (exact) mass is 396 g/mol. The molecule has 0 unspecified atom stereocenters. The van der Waals surface area contributed by atoms with Crippen LogP contribution in [-0.2, 0) is 14.3 Å². The van der Waals surface area contributed by atoms with E-state index in [-0.39, 0.29) is 18.6 Å². The molecule has 0 saturated carbocycles. The molecule has 6 heteroatoms. The summed E-state index contributed by atoms with van der Waals surface area (Å²) in [6, 6.07) is 17.4. The number of methoxy groups -OCH3 is 1. The Hall–Kier alpha value is -2.70. The van der Waals surface area contributed by atoms with Gasteiger partial charge in [0.25, 0.3) is 0 Å². The Morgan fingerprint density at radius 3 is 2.39 bits per heavy atom. The van der Waals surface area contributed by atoms with Crippen molar-refractivity contribution in [3.8, 4) is 0 Å². The third-order valence-electron chi connectivity index (χ3n) is 4.65.